The smallest absolute Gasteiger partial charge is 0.162 e. The second kappa shape index (κ2) is 2.90. The van der Waals surface area contributed by atoms with Crippen LogP contribution in [0.3, 0.4) is 0 Å². The molecule has 0 aliphatic rings. The Bertz CT molecular complexity index is 516. The molecule has 1 aromatic carbocycles. The van der Waals surface area contributed by atoms with Gasteiger partial charge in [-0.05, 0) is 13.0 Å². The van der Waals surface area contributed by atoms with E-state index in [0.717, 1.165) is 12.1 Å². The summed E-state index contributed by atoms with van der Waals surface area (Å²) in [4.78, 5) is 13.7. The van der Waals surface area contributed by atoms with Crippen molar-refractivity contribution in [1.82, 2.24) is 4.98 Å². The molecule has 4 heteroatoms. The summed E-state index contributed by atoms with van der Waals surface area (Å²) in [5.74, 6) is -1.62. The normalized spacial score (nSPS) is 10.8. The quantitative estimate of drug-likeness (QED) is 0.697. The van der Waals surface area contributed by atoms with Crippen LogP contribution in [0.4, 0.5) is 8.78 Å². The molecule has 0 radical (unpaired) electrons. The number of aromatic amines is 1. The Hall–Kier alpha value is -1.71. The van der Waals surface area contributed by atoms with Crippen molar-refractivity contribution in [2.45, 2.75) is 6.92 Å². The fourth-order valence-corrected chi connectivity index (χ4v) is 1.46. The molecule has 0 amide bonds. The predicted molar refractivity (Wildman–Crippen MR) is 48.2 cm³/mol. The molecule has 1 N–H and O–H groups in total. The van der Waals surface area contributed by atoms with Crippen LogP contribution in [-0.4, -0.2) is 10.8 Å². The minimum atomic E-state index is -0.716. The number of aromatic nitrogens is 1. The number of nitrogens with one attached hydrogen (secondary N) is 1. The second-order valence-electron chi connectivity index (χ2n) is 3.07. The molecule has 2 aromatic rings. The Morgan fingerprint density at radius 1 is 1.36 bits per heavy atom. The molecular formula is C10H7F2NO. The van der Waals surface area contributed by atoms with E-state index in [1.807, 2.05) is 0 Å². The molecule has 2 nitrogen and oxygen atoms in total. The Kier molecular flexibility index (Phi) is 1.84. The Morgan fingerprint density at radius 2 is 2.07 bits per heavy atom. The number of ketones is 1. The number of Topliss-reactive ketones (excluding diaryl/α,β-unsaturated/α-hetero) is 1. The maximum atomic E-state index is 13.3. The summed E-state index contributed by atoms with van der Waals surface area (Å²) in [6, 6.07) is 1.92. The van der Waals surface area contributed by atoms with Gasteiger partial charge in [0.25, 0.3) is 0 Å². The Balaban J connectivity index is 2.85. The number of hydrogen-bond acceptors (Lipinski definition) is 1. The fourth-order valence-electron chi connectivity index (χ4n) is 1.46. The van der Waals surface area contributed by atoms with Crippen LogP contribution in [0.15, 0.2) is 18.3 Å². The van der Waals surface area contributed by atoms with Crippen LogP contribution < -0.4 is 0 Å². The molecular weight excluding hydrogens is 188 g/mol. The summed E-state index contributed by atoms with van der Waals surface area (Å²) < 4.78 is 26.1. The Morgan fingerprint density at radius 3 is 2.71 bits per heavy atom. The molecule has 0 bridgehead atoms. The summed E-state index contributed by atoms with van der Waals surface area (Å²) in [5.41, 5.74) is 0.546. The molecule has 72 valence electrons. The summed E-state index contributed by atoms with van der Waals surface area (Å²) in [6.45, 7) is 1.34. The van der Waals surface area contributed by atoms with Crippen molar-refractivity contribution in [1.29, 1.82) is 0 Å². The van der Waals surface area contributed by atoms with E-state index in [9.17, 15) is 13.6 Å². The largest absolute Gasteiger partial charge is 0.360 e. The molecule has 1 heterocycles. The highest BCUT2D eigenvalue weighted by molar-refractivity contribution is 6.06. The van der Waals surface area contributed by atoms with E-state index in [-0.39, 0.29) is 16.7 Å². The first-order chi connectivity index (χ1) is 6.59. The van der Waals surface area contributed by atoms with Gasteiger partial charge >= 0.3 is 0 Å². The molecule has 14 heavy (non-hydrogen) atoms. The van der Waals surface area contributed by atoms with Crippen molar-refractivity contribution in [3.8, 4) is 0 Å². The zero-order valence-corrected chi connectivity index (χ0v) is 7.40. The van der Waals surface area contributed by atoms with E-state index in [4.69, 9.17) is 0 Å². The molecule has 1 aromatic heterocycles. The lowest BCUT2D eigenvalue weighted by Gasteiger charge is -1.95. The van der Waals surface area contributed by atoms with Crippen LogP contribution in [0, 0.1) is 11.6 Å². The van der Waals surface area contributed by atoms with E-state index in [0.29, 0.717) is 5.52 Å². The summed E-state index contributed by atoms with van der Waals surface area (Å²) >= 11 is 0. The molecule has 0 aliphatic heterocycles. The number of H-pyrrole nitrogens is 1. The average Bonchev–Trinajstić information content (AvgIpc) is 2.47. The van der Waals surface area contributed by atoms with Crippen LogP contribution in [0.5, 0.6) is 0 Å². The van der Waals surface area contributed by atoms with Crippen LogP contribution in [0.25, 0.3) is 10.9 Å². The average molecular weight is 195 g/mol. The summed E-state index contributed by atoms with van der Waals surface area (Å²) in [5, 5.41) is 0.152. The SMILES string of the molecule is CC(=O)c1c[nH]c2cc(F)cc(F)c12. The number of halogens is 2. The number of carbonyl (C=O) groups is 1. The molecule has 0 fully saturated rings. The van der Waals surface area contributed by atoms with Gasteiger partial charge in [-0.3, -0.25) is 4.79 Å². The van der Waals surface area contributed by atoms with E-state index < -0.39 is 11.6 Å². The topological polar surface area (TPSA) is 32.9 Å². The molecule has 0 atom stereocenters. The van der Waals surface area contributed by atoms with Gasteiger partial charge in [-0.25, -0.2) is 8.78 Å². The van der Waals surface area contributed by atoms with E-state index >= 15 is 0 Å². The number of carbonyl (C=O) groups excluding carboxylic acids is 1. The number of rotatable bonds is 1. The molecule has 0 saturated heterocycles. The minimum Gasteiger partial charge on any atom is -0.360 e. The van der Waals surface area contributed by atoms with Gasteiger partial charge in [0.15, 0.2) is 5.78 Å². The van der Waals surface area contributed by atoms with Gasteiger partial charge in [0.05, 0.1) is 5.52 Å². The van der Waals surface area contributed by atoms with Crippen LogP contribution in [0.1, 0.15) is 17.3 Å². The first-order valence-corrected chi connectivity index (χ1v) is 4.06. The zero-order valence-electron chi connectivity index (χ0n) is 7.40. The highest BCUT2D eigenvalue weighted by Gasteiger charge is 2.13. The van der Waals surface area contributed by atoms with Crippen molar-refractivity contribution in [3.63, 3.8) is 0 Å². The lowest BCUT2D eigenvalue weighted by atomic mass is 10.1. The van der Waals surface area contributed by atoms with Crippen LogP contribution >= 0.6 is 0 Å². The maximum Gasteiger partial charge on any atom is 0.162 e. The van der Waals surface area contributed by atoms with E-state index in [2.05, 4.69) is 4.98 Å². The number of benzene rings is 1. The monoisotopic (exact) mass is 195 g/mol. The minimum absolute atomic E-state index is 0.152. The fraction of sp³-hybridized carbons (Fsp3) is 0.100. The third-order valence-corrected chi connectivity index (χ3v) is 2.08. The van der Waals surface area contributed by atoms with E-state index in [1.165, 1.54) is 13.1 Å². The first-order valence-electron chi connectivity index (χ1n) is 4.06. The van der Waals surface area contributed by atoms with Gasteiger partial charge in [-0.1, -0.05) is 0 Å². The Labute approximate surface area is 78.5 Å². The number of hydrogen-bond donors (Lipinski definition) is 1. The van der Waals surface area contributed by atoms with Gasteiger partial charge in [0.2, 0.25) is 0 Å². The highest BCUT2D eigenvalue weighted by Crippen LogP contribution is 2.23. The van der Waals surface area contributed by atoms with Gasteiger partial charge in [0.1, 0.15) is 11.6 Å². The molecule has 0 spiro atoms. The van der Waals surface area contributed by atoms with Crippen LogP contribution in [0.2, 0.25) is 0 Å². The van der Waals surface area contributed by atoms with Crippen molar-refractivity contribution < 1.29 is 13.6 Å². The molecule has 0 aliphatic carbocycles. The third-order valence-electron chi connectivity index (χ3n) is 2.08. The summed E-state index contributed by atoms with van der Waals surface area (Å²) in [7, 11) is 0. The van der Waals surface area contributed by atoms with Gasteiger partial charge in [0, 0.05) is 23.2 Å². The van der Waals surface area contributed by atoms with Crippen molar-refractivity contribution in [3.05, 3.63) is 35.5 Å². The van der Waals surface area contributed by atoms with Gasteiger partial charge in [-0.15, -0.1) is 0 Å². The first kappa shape index (κ1) is 8.87. The molecule has 0 unspecified atom stereocenters. The van der Waals surface area contributed by atoms with Crippen LogP contribution in [-0.2, 0) is 0 Å². The van der Waals surface area contributed by atoms with Gasteiger partial charge < -0.3 is 4.98 Å². The van der Waals surface area contributed by atoms with Gasteiger partial charge in [-0.2, -0.15) is 0 Å². The third kappa shape index (κ3) is 1.19. The van der Waals surface area contributed by atoms with E-state index in [1.54, 1.807) is 0 Å². The summed E-state index contributed by atoms with van der Waals surface area (Å²) in [6.07, 6.45) is 1.38. The maximum absolute atomic E-state index is 13.3. The zero-order chi connectivity index (χ0) is 10.3. The van der Waals surface area contributed by atoms with Crippen molar-refractivity contribution >= 4 is 16.7 Å². The van der Waals surface area contributed by atoms with Crippen molar-refractivity contribution in [2.24, 2.45) is 0 Å². The lowest BCUT2D eigenvalue weighted by Crippen LogP contribution is -1.91. The molecule has 2 rings (SSSR count). The second-order valence-corrected chi connectivity index (χ2v) is 3.07. The lowest BCUT2D eigenvalue weighted by molar-refractivity contribution is 0.101. The highest BCUT2D eigenvalue weighted by atomic mass is 19.1. The van der Waals surface area contributed by atoms with Crippen molar-refractivity contribution in [2.75, 3.05) is 0 Å². The number of fused-ring (bicyclic) bond motifs is 1. The predicted octanol–water partition coefficient (Wildman–Crippen LogP) is 2.65. The standard InChI is InChI=1S/C10H7F2NO/c1-5(14)7-4-13-9-3-6(11)2-8(12)10(7)9/h2-4,13H,1H3. The molecule has 0 saturated carbocycles.